The normalized spacial score (nSPS) is 14.7. The average molecular weight is 298 g/mol. The summed E-state index contributed by atoms with van der Waals surface area (Å²) in [6, 6.07) is 7.06. The maximum absolute atomic E-state index is 12.2. The zero-order valence-electron chi connectivity index (χ0n) is 11.6. The molecule has 1 amide bonds. The third kappa shape index (κ3) is 4.13. The lowest BCUT2D eigenvalue weighted by atomic mass is 10.00. The van der Waals surface area contributed by atoms with E-state index >= 15 is 0 Å². The van der Waals surface area contributed by atoms with Crippen molar-refractivity contribution in [1.82, 2.24) is 5.32 Å². The van der Waals surface area contributed by atoms with Crippen molar-refractivity contribution in [1.29, 1.82) is 0 Å². The Morgan fingerprint density at radius 1 is 1.50 bits per heavy atom. The van der Waals surface area contributed by atoms with Gasteiger partial charge in [0.05, 0.1) is 12.0 Å². The van der Waals surface area contributed by atoms with Gasteiger partial charge in [-0.25, -0.2) is 0 Å². The Morgan fingerprint density at radius 3 is 2.70 bits per heavy atom. The number of halogens is 1. The van der Waals surface area contributed by atoms with Gasteiger partial charge in [-0.05, 0) is 25.0 Å². The molecule has 0 aromatic heterocycles. The Kier molecular flexibility index (Phi) is 6.31. The molecule has 0 heterocycles. The first kappa shape index (κ1) is 16.3. The molecule has 0 spiro atoms. The summed E-state index contributed by atoms with van der Waals surface area (Å²) in [5.74, 6) is -0.972. The van der Waals surface area contributed by atoms with Crippen molar-refractivity contribution in [2.75, 3.05) is 0 Å². The highest BCUT2D eigenvalue weighted by Crippen LogP contribution is 2.22. The number of amides is 1. The quantitative estimate of drug-likeness (QED) is 0.326. The van der Waals surface area contributed by atoms with Crippen molar-refractivity contribution >= 4 is 23.3 Å². The van der Waals surface area contributed by atoms with Crippen LogP contribution < -0.4 is 11.1 Å². The summed E-state index contributed by atoms with van der Waals surface area (Å²) in [6.07, 6.45) is 1.28. The van der Waals surface area contributed by atoms with Gasteiger partial charge in [0.2, 0.25) is 5.91 Å². The molecule has 0 saturated carbocycles. The van der Waals surface area contributed by atoms with Gasteiger partial charge in [-0.3, -0.25) is 4.79 Å². The molecule has 1 aromatic carbocycles. The number of benzene rings is 1. The van der Waals surface area contributed by atoms with Crippen LogP contribution in [0.4, 0.5) is 0 Å². The number of carbonyl (C=O) groups is 1. The molecule has 6 heteroatoms. The monoisotopic (exact) mass is 297 g/mol. The van der Waals surface area contributed by atoms with Crippen LogP contribution in [0.1, 0.15) is 38.3 Å². The fourth-order valence-corrected chi connectivity index (χ4v) is 2.29. The van der Waals surface area contributed by atoms with Gasteiger partial charge < -0.3 is 16.3 Å². The zero-order valence-corrected chi connectivity index (χ0v) is 12.4. The van der Waals surface area contributed by atoms with E-state index in [1.54, 1.807) is 6.07 Å². The molecule has 4 N–H and O–H groups in total. The van der Waals surface area contributed by atoms with Crippen LogP contribution in [0.2, 0.25) is 5.02 Å². The SMILES string of the molecule is CCCC(C(=O)NC(C)c1ccccc1Cl)C(N)=NO. The molecule has 2 atom stereocenters. The second-order valence-corrected chi connectivity index (χ2v) is 5.03. The van der Waals surface area contributed by atoms with Crippen LogP contribution in [-0.2, 0) is 4.79 Å². The van der Waals surface area contributed by atoms with Gasteiger partial charge in [0.1, 0.15) is 0 Å². The molecule has 20 heavy (non-hydrogen) atoms. The molecule has 1 aromatic rings. The fourth-order valence-electron chi connectivity index (χ4n) is 1.99. The van der Waals surface area contributed by atoms with Crippen LogP contribution >= 0.6 is 11.6 Å². The number of hydrogen-bond donors (Lipinski definition) is 3. The molecule has 0 saturated heterocycles. The largest absolute Gasteiger partial charge is 0.409 e. The van der Waals surface area contributed by atoms with E-state index in [0.717, 1.165) is 12.0 Å². The number of rotatable bonds is 6. The van der Waals surface area contributed by atoms with Gasteiger partial charge in [0.25, 0.3) is 0 Å². The molecule has 2 unspecified atom stereocenters. The van der Waals surface area contributed by atoms with Crippen molar-refractivity contribution in [3.05, 3.63) is 34.9 Å². The van der Waals surface area contributed by atoms with Crippen molar-refractivity contribution in [3.63, 3.8) is 0 Å². The fraction of sp³-hybridized carbons (Fsp3) is 0.429. The lowest BCUT2D eigenvalue weighted by Crippen LogP contribution is -2.40. The molecule has 0 aliphatic rings. The Bertz CT molecular complexity index is 491. The maximum Gasteiger partial charge on any atom is 0.231 e. The summed E-state index contributed by atoms with van der Waals surface area (Å²) in [4.78, 5) is 12.2. The van der Waals surface area contributed by atoms with Crippen LogP contribution in [0.25, 0.3) is 0 Å². The van der Waals surface area contributed by atoms with Crippen molar-refractivity contribution in [2.24, 2.45) is 16.8 Å². The summed E-state index contributed by atoms with van der Waals surface area (Å²) < 4.78 is 0. The number of hydrogen-bond acceptors (Lipinski definition) is 3. The minimum Gasteiger partial charge on any atom is -0.409 e. The molecule has 0 fully saturated rings. The minimum atomic E-state index is -0.630. The third-order valence-electron chi connectivity index (χ3n) is 3.10. The minimum absolute atomic E-state index is 0.0734. The first-order valence-corrected chi connectivity index (χ1v) is 6.91. The van der Waals surface area contributed by atoms with Gasteiger partial charge >= 0.3 is 0 Å². The predicted octanol–water partition coefficient (Wildman–Crippen LogP) is 2.68. The summed E-state index contributed by atoms with van der Waals surface area (Å²) in [5, 5.41) is 15.1. The highest BCUT2D eigenvalue weighted by atomic mass is 35.5. The number of carbonyl (C=O) groups excluding carboxylic acids is 1. The van der Waals surface area contributed by atoms with Crippen LogP contribution in [0, 0.1) is 5.92 Å². The summed E-state index contributed by atoms with van der Waals surface area (Å²) >= 11 is 6.09. The number of oxime groups is 1. The highest BCUT2D eigenvalue weighted by molar-refractivity contribution is 6.31. The Morgan fingerprint density at radius 2 is 2.15 bits per heavy atom. The highest BCUT2D eigenvalue weighted by Gasteiger charge is 2.24. The molecular weight excluding hydrogens is 278 g/mol. The van der Waals surface area contributed by atoms with Crippen LogP contribution in [-0.4, -0.2) is 17.0 Å². The molecule has 110 valence electrons. The molecule has 5 nitrogen and oxygen atoms in total. The Labute approximate surface area is 123 Å². The first-order chi connectivity index (χ1) is 9.51. The van der Waals surface area contributed by atoms with E-state index in [4.69, 9.17) is 22.5 Å². The van der Waals surface area contributed by atoms with Gasteiger partial charge in [0, 0.05) is 5.02 Å². The predicted molar refractivity (Wildman–Crippen MR) is 79.8 cm³/mol. The summed E-state index contributed by atoms with van der Waals surface area (Å²) in [5.41, 5.74) is 6.39. The molecular formula is C14H20ClN3O2. The van der Waals surface area contributed by atoms with E-state index in [1.807, 2.05) is 32.0 Å². The molecule has 0 bridgehead atoms. The van der Waals surface area contributed by atoms with Gasteiger partial charge in [0.15, 0.2) is 5.84 Å². The Balaban J connectivity index is 2.80. The summed E-state index contributed by atoms with van der Waals surface area (Å²) in [6.45, 7) is 3.77. The van der Waals surface area contributed by atoms with E-state index < -0.39 is 5.92 Å². The third-order valence-corrected chi connectivity index (χ3v) is 3.44. The first-order valence-electron chi connectivity index (χ1n) is 6.53. The topological polar surface area (TPSA) is 87.7 Å². The van der Waals surface area contributed by atoms with E-state index in [1.165, 1.54) is 0 Å². The van der Waals surface area contributed by atoms with Crippen LogP contribution in [0.5, 0.6) is 0 Å². The van der Waals surface area contributed by atoms with E-state index in [2.05, 4.69) is 10.5 Å². The van der Waals surface area contributed by atoms with Crippen LogP contribution in [0.15, 0.2) is 29.4 Å². The number of amidine groups is 1. The number of nitrogens with one attached hydrogen (secondary N) is 1. The Hall–Kier alpha value is -1.75. The lowest BCUT2D eigenvalue weighted by molar-refractivity contribution is -0.123. The standard InChI is InChI=1S/C14H20ClN3O2/c1-3-6-11(13(16)18-20)14(19)17-9(2)10-7-4-5-8-12(10)15/h4-5,7-9,11,20H,3,6H2,1-2H3,(H2,16,18)(H,17,19). The average Bonchev–Trinajstić information content (AvgIpc) is 2.44. The molecule has 0 aliphatic carbocycles. The van der Waals surface area contributed by atoms with E-state index in [9.17, 15) is 4.79 Å². The maximum atomic E-state index is 12.2. The van der Waals surface area contributed by atoms with Crippen LogP contribution in [0.3, 0.4) is 0 Å². The zero-order chi connectivity index (χ0) is 15.1. The van der Waals surface area contributed by atoms with Crippen molar-refractivity contribution in [3.8, 4) is 0 Å². The van der Waals surface area contributed by atoms with E-state index in [-0.39, 0.29) is 17.8 Å². The van der Waals surface area contributed by atoms with Gasteiger partial charge in [-0.1, -0.05) is 48.3 Å². The lowest BCUT2D eigenvalue weighted by Gasteiger charge is -2.20. The molecule has 0 aliphatic heterocycles. The second kappa shape index (κ2) is 7.75. The van der Waals surface area contributed by atoms with Crippen molar-refractivity contribution in [2.45, 2.75) is 32.7 Å². The van der Waals surface area contributed by atoms with Gasteiger partial charge in [-0.2, -0.15) is 0 Å². The van der Waals surface area contributed by atoms with Crippen molar-refractivity contribution < 1.29 is 10.0 Å². The number of nitrogens with zero attached hydrogens (tertiary/aromatic N) is 1. The molecule has 0 radical (unpaired) electrons. The summed E-state index contributed by atoms with van der Waals surface area (Å²) in [7, 11) is 0. The second-order valence-electron chi connectivity index (χ2n) is 4.62. The number of nitrogens with two attached hydrogens (primary N) is 1. The smallest absolute Gasteiger partial charge is 0.231 e. The molecule has 1 rings (SSSR count). The van der Waals surface area contributed by atoms with Gasteiger partial charge in [-0.15, -0.1) is 0 Å². The van der Waals surface area contributed by atoms with E-state index in [0.29, 0.717) is 11.4 Å².